The first-order chi connectivity index (χ1) is 23.2. The molecule has 274 valence electrons. The smallest absolute Gasteiger partial charge is 0.00219 e. The lowest BCUT2D eigenvalue weighted by molar-refractivity contribution is 0.401. The molecular weight excluding hydrogens is 567 g/mol. The van der Waals surface area contributed by atoms with Gasteiger partial charge in [0.25, 0.3) is 0 Å². The van der Waals surface area contributed by atoms with Crippen molar-refractivity contribution in [1.82, 2.24) is 4.90 Å². The van der Waals surface area contributed by atoms with Crippen LogP contribution in [-0.2, 0) is 0 Å². The van der Waals surface area contributed by atoms with Crippen LogP contribution < -0.4 is 0 Å². The molecule has 1 nitrogen and oxygen atoms in total. The maximum absolute atomic E-state index is 2.60. The van der Waals surface area contributed by atoms with Crippen molar-refractivity contribution in [3.05, 3.63) is 60.8 Å². The number of hydrogen-bond donors (Lipinski definition) is 0. The Labute approximate surface area is 297 Å². The Bertz CT molecular complexity index is 673. The Hall–Kier alpha value is -1.34. The predicted molar refractivity (Wildman–Crippen MR) is 218 cm³/mol. The van der Waals surface area contributed by atoms with Crippen molar-refractivity contribution >= 4 is 0 Å². The van der Waals surface area contributed by atoms with Crippen LogP contribution in [-0.4, -0.2) is 25.5 Å². The molecule has 0 radical (unpaired) electrons. The third kappa shape index (κ3) is 40.7. The van der Waals surface area contributed by atoms with Gasteiger partial charge in [-0.25, -0.2) is 0 Å². The summed E-state index contributed by atoms with van der Waals surface area (Å²) < 4.78 is 0. The second-order valence-corrected chi connectivity index (χ2v) is 14.6. The average molecular weight is 652 g/mol. The lowest BCUT2D eigenvalue weighted by Crippen LogP contribution is -2.12. The third-order valence-electron chi connectivity index (χ3n) is 9.44. The topological polar surface area (TPSA) is 3.24 Å². The molecule has 0 aromatic heterocycles. The van der Waals surface area contributed by atoms with E-state index in [0.29, 0.717) is 0 Å². The monoisotopic (exact) mass is 652 g/mol. The van der Waals surface area contributed by atoms with E-state index in [1.54, 1.807) is 0 Å². The summed E-state index contributed by atoms with van der Waals surface area (Å²) >= 11 is 0. The lowest BCUT2D eigenvalue weighted by atomic mass is 9.93. The molecule has 0 saturated heterocycles. The summed E-state index contributed by atoms with van der Waals surface area (Å²) in [6.45, 7) is 5.75. The second kappa shape index (κ2) is 40.8. The van der Waals surface area contributed by atoms with Gasteiger partial charge in [0.2, 0.25) is 0 Å². The summed E-state index contributed by atoms with van der Waals surface area (Å²) in [4.78, 5) is 2.31. The highest BCUT2D eigenvalue weighted by Gasteiger charge is 2.05. The number of hydrogen-bond acceptors (Lipinski definition) is 1. The molecule has 0 atom stereocenters. The van der Waals surface area contributed by atoms with Gasteiger partial charge in [0.05, 0.1) is 0 Å². The van der Waals surface area contributed by atoms with Crippen LogP contribution in [0.4, 0.5) is 0 Å². The summed E-state index contributed by atoms with van der Waals surface area (Å²) in [6, 6.07) is 0. The largest absolute Gasteiger partial charge is 0.309 e. The normalized spacial score (nSPS) is 12.7. The van der Waals surface area contributed by atoms with Gasteiger partial charge in [0, 0.05) is 0 Å². The zero-order valence-electron chi connectivity index (χ0n) is 32.7. The molecule has 0 aliphatic rings. The van der Waals surface area contributed by atoms with Crippen molar-refractivity contribution in [2.24, 2.45) is 5.92 Å². The van der Waals surface area contributed by atoms with Gasteiger partial charge in [0.15, 0.2) is 0 Å². The molecule has 0 aromatic rings. The van der Waals surface area contributed by atoms with Gasteiger partial charge in [-0.1, -0.05) is 177 Å². The van der Waals surface area contributed by atoms with Gasteiger partial charge in [-0.15, -0.1) is 0 Å². The molecule has 0 saturated carbocycles. The van der Waals surface area contributed by atoms with Crippen LogP contribution in [0.3, 0.4) is 0 Å². The van der Waals surface area contributed by atoms with E-state index in [1.165, 1.54) is 186 Å². The number of unbranched alkanes of at least 4 members (excludes halogenated alkanes) is 21. The molecule has 0 fully saturated rings. The Morgan fingerprint density at radius 3 is 1.09 bits per heavy atom. The fraction of sp³-hybridized carbons (Fsp3) is 0.783. The van der Waals surface area contributed by atoms with Crippen LogP contribution in [0.5, 0.6) is 0 Å². The summed E-state index contributed by atoms with van der Waals surface area (Å²) in [5.74, 6) is 0.810. The Kier molecular flexibility index (Phi) is 39.7. The van der Waals surface area contributed by atoms with Crippen molar-refractivity contribution < 1.29 is 0 Å². The molecule has 0 aliphatic carbocycles. The molecule has 47 heavy (non-hydrogen) atoms. The van der Waals surface area contributed by atoms with E-state index in [1.807, 2.05) is 0 Å². The SMILES string of the molecule is CCCCC/C=C\C/C=C\CCCCCCCCCC(/C=C/CCCN(C)C)CCCCCCCCC/C=C\C/C=C\CCCCC. The van der Waals surface area contributed by atoms with Crippen molar-refractivity contribution in [3.63, 3.8) is 0 Å². The standard InChI is InChI=1S/C46H85N/c1-5-7-9-11-13-15-17-19-21-23-25-27-29-31-33-35-38-42-46(44-40-37-41-45-47(3)4)43-39-36-34-32-30-28-26-24-22-20-18-16-14-12-10-8-6-2/h13-16,19-22,40,44,46H,5-12,17-18,23-39,41-43,45H2,1-4H3/b15-13-,16-14-,21-19-,22-20-,44-40+. The maximum Gasteiger partial charge on any atom is -0.00219 e. The molecule has 0 aromatic carbocycles. The fourth-order valence-electron chi connectivity index (χ4n) is 6.29. The highest BCUT2D eigenvalue weighted by molar-refractivity contribution is 4.93. The first-order valence-electron chi connectivity index (χ1n) is 21.1. The molecule has 0 heterocycles. The van der Waals surface area contributed by atoms with E-state index in [0.717, 1.165) is 18.8 Å². The van der Waals surface area contributed by atoms with Gasteiger partial charge in [-0.05, 0) is 116 Å². The quantitative estimate of drug-likeness (QED) is 0.0477. The molecule has 0 N–H and O–H groups in total. The molecule has 0 spiro atoms. The zero-order valence-corrected chi connectivity index (χ0v) is 32.7. The van der Waals surface area contributed by atoms with Crippen LogP contribution in [0, 0.1) is 5.92 Å². The van der Waals surface area contributed by atoms with Gasteiger partial charge < -0.3 is 4.90 Å². The van der Waals surface area contributed by atoms with Crippen molar-refractivity contribution in [2.75, 3.05) is 20.6 Å². The summed E-state index contributed by atoms with van der Waals surface area (Å²) in [6.07, 6.45) is 64.6. The lowest BCUT2D eigenvalue weighted by Gasteiger charge is -2.13. The van der Waals surface area contributed by atoms with E-state index in [4.69, 9.17) is 0 Å². The van der Waals surface area contributed by atoms with Crippen molar-refractivity contribution in [2.45, 2.75) is 206 Å². The molecule has 1 heteroatoms. The average Bonchev–Trinajstić information content (AvgIpc) is 3.06. The third-order valence-corrected chi connectivity index (χ3v) is 9.44. The van der Waals surface area contributed by atoms with Crippen LogP contribution >= 0.6 is 0 Å². The van der Waals surface area contributed by atoms with Gasteiger partial charge in [0.1, 0.15) is 0 Å². The Morgan fingerprint density at radius 2 is 0.702 bits per heavy atom. The number of rotatable bonds is 37. The summed E-state index contributed by atoms with van der Waals surface area (Å²) in [5, 5.41) is 0. The minimum atomic E-state index is 0.810. The van der Waals surface area contributed by atoms with Gasteiger partial charge in [-0.2, -0.15) is 0 Å². The van der Waals surface area contributed by atoms with Crippen LogP contribution in [0.2, 0.25) is 0 Å². The fourth-order valence-corrected chi connectivity index (χ4v) is 6.29. The minimum absolute atomic E-state index is 0.810. The van der Waals surface area contributed by atoms with Crippen LogP contribution in [0.1, 0.15) is 206 Å². The number of nitrogens with zero attached hydrogens (tertiary/aromatic N) is 1. The first kappa shape index (κ1) is 45.7. The highest BCUT2D eigenvalue weighted by Crippen LogP contribution is 2.21. The Balaban J connectivity index is 3.90. The predicted octanol–water partition coefficient (Wildman–Crippen LogP) is 15.7. The van der Waals surface area contributed by atoms with Gasteiger partial charge >= 0.3 is 0 Å². The summed E-state index contributed by atoms with van der Waals surface area (Å²) in [7, 11) is 4.37. The summed E-state index contributed by atoms with van der Waals surface area (Å²) in [5.41, 5.74) is 0. The first-order valence-corrected chi connectivity index (χ1v) is 21.1. The molecule has 0 amide bonds. The van der Waals surface area contributed by atoms with Gasteiger partial charge in [-0.3, -0.25) is 0 Å². The molecule has 0 bridgehead atoms. The van der Waals surface area contributed by atoms with E-state index in [-0.39, 0.29) is 0 Å². The van der Waals surface area contributed by atoms with E-state index < -0.39 is 0 Å². The molecule has 0 unspecified atom stereocenters. The zero-order chi connectivity index (χ0) is 34.1. The Morgan fingerprint density at radius 1 is 0.362 bits per heavy atom. The van der Waals surface area contributed by atoms with E-state index in [2.05, 4.69) is 93.6 Å². The molecular formula is C46H85N. The van der Waals surface area contributed by atoms with Crippen molar-refractivity contribution in [1.29, 1.82) is 0 Å². The van der Waals surface area contributed by atoms with Crippen LogP contribution in [0.15, 0.2) is 60.8 Å². The highest BCUT2D eigenvalue weighted by atomic mass is 15.0. The van der Waals surface area contributed by atoms with E-state index in [9.17, 15) is 0 Å². The number of allylic oxidation sites excluding steroid dienone is 10. The maximum atomic E-state index is 2.60. The van der Waals surface area contributed by atoms with Crippen molar-refractivity contribution in [3.8, 4) is 0 Å². The molecule has 0 rings (SSSR count). The second-order valence-electron chi connectivity index (χ2n) is 14.6. The molecule has 0 aliphatic heterocycles. The van der Waals surface area contributed by atoms with Crippen LogP contribution in [0.25, 0.3) is 0 Å². The van der Waals surface area contributed by atoms with E-state index >= 15 is 0 Å². The minimum Gasteiger partial charge on any atom is -0.309 e.